The van der Waals surface area contributed by atoms with Crippen molar-refractivity contribution in [3.05, 3.63) is 64.3 Å². The van der Waals surface area contributed by atoms with Gasteiger partial charge in [0, 0.05) is 13.1 Å². The lowest BCUT2D eigenvalue weighted by atomic mass is 10.1. The standard InChI is InChI=1S/C26H25FN2O6S/c1-2-34-21-14-17(6-11-20(21)35-25(32)18-7-9-19(27)10-8-18)15-22-24(31)29(26(33)36-22)16-23(30)28-12-4-3-5-13-28/h6-11,14-15H,2-5,12-13,16H2,1H3/b22-15-. The first-order chi connectivity index (χ1) is 17.4. The minimum atomic E-state index is -0.678. The molecule has 2 aliphatic heterocycles. The number of amides is 3. The molecule has 0 unspecified atom stereocenters. The van der Waals surface area contributed by atoms with E-state index >= 15 is 0 Å². The number of piperidine rings is 1. The third-order valence-electron chi connectivity index (χ3n) is 5.72. The topological polar surface area (TPSA) is 93.2 Å². The fraction of sp³-hybridized carbons (Fsp3) is 0.308. The second-order valence-electron chi connectivity index (χ2n) is 8.24. The third kappa shape index (κ3) is 5.93. The second kappa shape index (κ2) is 11.4. The molecule has 0 aromatic heterocycles. The first kappa shape index (κ1) is 25.4. The van der Waals surface area contributed by atoms with Crippen LogP contribution in [-0.2, 0) is 9.59 Å². The fourth-order valence-electron chi connectivity index (χ4n) is 3.88. The van der Waals surface area contributed by atoms with Crippen LogP contribution in [0.4, 0.5) is 9.18 Å². The van der Waals surface area contributed by atoms with E-state index in [-0.39, 0.29) is 34.4 Å². The van der Waals surface area contributed by atoms with Gasteiger partial charge in [0.15, 0.2) is 11.5 Å². The Kier molecular flexibility index (Phi) is 8.04. The van der Waals surface area contributed by atoms with Crippen LogP contribution < -0.4 is 9.47 Å². The predicted octanol–water partition coefficient (Wildman–Crippen LogP) is 4.49. The molecular weight excluding hydrogens is 487 g/mol. The highest BCUT2D eigenvalue weighted by molar-refractivity contribution is 8.18. The number of carbonyl (C=O) groups excluding carboxylic acids is 4. The lowest BCUT2D eigenvalue weighted by Gasteiger charge is -2.27. The molecule has 188 valence electrons. The number of carbonyl (C=O) groups is 4. The molecule has 0 atom stereocenters. The van der Waals surface area contributed by atoms with Crippen molar-refractivity contribution >= 4 is 40.9 Å². The number of hydrogen-bond acceptors (Lipinski definition) is 7. The molecule has 0 aliphatic carbocycles. The molecular formula is C26H25FN2O6S. The summed E-state index contributed by atoms with van der Waals surface area (Å²) in [5, 5.41) is -0.494. The van der Waals surface area contributed by atoms with Gasteiger partial charge in [-0.3, -0.25) is 19.3 Å². The van der Waals surface area contributed by atoms with Crippen LogP contribution in [0.25, 0.3) is 6.08 Å². The Morgan fingerprint density at radius 1 is 1.03 bits per heavy atom. The molecule has 0 bridgehead atoms. The van der Waals surface area contributed by atoms with E-state index in [0.717, 1.165) is 48.1 Å². The van der Waals surface area contributed by atoms with E-state index in [9.17, 15) is 23.6 Å². The molecule has 2 heterocycles. The number of imide groups is 1. The third-order valence-corrected chi connectivity index (χ3v) is 6.63. The maximum absolute atomic E-state index is 13.1. The van der Waals surface area contributed by atoms with Crippen molar-refractivity contribution < 1.29 is 33.0 Å². The van der Waals surface area contributed by atoms with Gasteiger partial charge in [-0.15, -0.1) is 0 Å². The van der Waals surface area contributed by atoms with Crippen LogP contribution in [0.2, 0.25) is 0 Å². The SMILES string of the molecule is CCOc1cc(/C=C2\SC(=O)N(CC(=O)N3CCCCC3)C2=O)ccc1OC(=O)c1ccc(F)cc1. The van der Waals surface area contributed by atoms with Crippen LogP contribution in [0.5, 0.6) is 11.5 Å². The number of likely N-dealkylation sites (tertiary alicyclic amines) is 1. The van der Waals surface area contributed by atoms with Crippen LogP contribution in [0, 0.1) is 5.82 Å². The Morgan fingerprint density at radius 3 is 2.44 bits per heavy atom. The largest absolute Gasteiger partial charge is 0.490 e. The molecule has 2 saturated heterocycles. The lowest BCUT2D eigenvalue weighted by molar-refractivity contribution is -0.136. The molecule has 36 heavy (non-hydrogen) atoms. The lowest BCUT2D eigenvalue weighted by Crippen LogP contribution is -2.44. The van der Waals surface area contributed by atoms with Gasteiger partial charge >= 0.3 is 5.97 Å². The molecule has 0 radical (unpaired) electrons. The molecule has 2 fully saturated rings. The van der Waals surface area contributed by atoms with Crippen molar-refractivity contribution in [1.82, 2.24) is 9.80 Å². The molecule has 10 heteroatoms. The number of rotatable bonds is 7. The predicted molar refractivity (Wildman–Crippen MR) is 132 cm³/mol. The van der Waals surface area contributed by atoms with Crippen LogP contribution in [0.15, 0.2) is 47.4 Å². The van der Waals surface area contributed by atoms with Gasteiger partial charge in [-0.1, -0.05) is 6.07 Å². The number of esters is 1. The van der Waals surface area contributed by atoms with E-state index in [4.69, 9.17) is 9.47 Å². The van der Waals surface area contributed by atoms with E-state index in [0.29, 0.717) is 25.3 Å². The van der Waals surface area contributed by atoms with Crippen molar-refractivity contribution in [3.8, 4) is 11.5 Å². The minimum absolute atomic E-state index is 0.156. The minimum Gasteiger partial charge on any atom is -0.490 e. The second-order valence-corrected chi connectivity index (χ2v) is 9.24. The van der Waals surface area contributed by atoms with Gasteiger partial charge < -0.3 is 14.4 Å². The fourth-order valence-corrected chi connectivity index (χ4v) is 4.72. The zero-order chi connectivity index (χ0) is 25.7. The molecule has 0 saturated carbocycles. The van der Waals surface area contributed by atoms with Crippen molar-refractivity contribution in [2.75, 3.05) is 26.2 Å². The van der Waals surface area contributed by atoms with Gasteiger partial charge in [0.2, 0.25) is 5.91 Å². The quantitative estimate of drug-likeness (QED) is 0.307. The maximum Gasteiger partial charge on any atom is 0.343 e. The Bertz CT molecular complexity index is 1210. The van der Waals surface area contributed by atoms with Gasteiger partial charge in [0.25, 0.3) is 11.1 Å². The average Bonchev–Trinajstić information content (AvgIpc) is 3.13. The van der Waals surface area contributed by atoms with E-state index in [1.54, 1.807) is 24.0 Å². The van der Waals surface area contributed by atoms with Crippen LogP contribution >= 0.6 is 11.8 Å². The zero-order valence-electron chi connectivity index (χ0n) is 19.7. The van der Waals surface area contributed by atoms with E-state index in [2.05, 4.69) is 0 Å². The average molecular weight is 513 g/mol. The number of ether oxygens (including phenoxy) is 2. The number of benzene rings is 2. The highest BCUT2D eigenvalue weighted by atomic mass is 32.2. The summed E-state index contributed by atoms with van der Waals surface area (Å²) >= 11 is 0.769. The van der Waals surface area contributed by atoms with E-state index in [1.165, 1.54) is 24.3 Å². The molecule has 8 nitrogen and oxygen atoms in total. The highest BCUT2D eigenvalue weighted by Gasteiger charge is 2.37. The Morgan fingerprint density at radius 2 is 1.75 bits per heavy atom. The van der Waals surface area contributed by atoms with Crippen molar-refractivity contribution in [2.24, 2.45) is 0 Å². The number of halogens is 1. The van der Waals surface area contributed by atoms with Crippen LogP contribution in [-0.4, -0.2) is 59.1 Å². The van der Waals surface area contributed by atoms with Gasteiger partial charge in [-0.2, -0.15) is 0 Å². The highest BCUT2D eigenvalue weighted by Crippen LogP contribution is 2.35. The van der Waals surface area contributed by atoms with E-state index < -0.39 is 22.9 Å². The summed E-state index contributed by atoms with van der Waals surface area (Å²) in [4.78, 5) is 53.1. The summed E-state index contributed by atoms with van der Waals surface area (Å²) in [7, 11) is 0. The summed E-state index contributed by atoms with van der Waals surface area (Å²) in [5.74, 6) is -1.48. The van der Waals surface area contributed by atoms with Gasteiger partial charge in [0.1, 0.15) is 12.4 Å². The number of hydrogen-bond donors (Lipinski definition) is 0. The van der Waals surface area contributed by atoms with Crippen molar-refractivity contribution in [1.29, 1.82) is 0 Å². The Labute approximate surface area is 212 Å². The first-order valence-corrected chi connectivity index (χ1v) is 12.4. The summed E-state index contributed by atoms with van der Waals surface area (Å²) in [6.07, 6.45) is 4.45. The van der Waals surface area contributed by atoms with E-state index in [1.807, 2.05) is 0 Å². The maximum atomic E-state index is 13.1. The van der Waals surface area contributed by atoms with Gasteiger partial charge in [-0.05, 0) is 86.0 Å². The zero-order valence-corrected chi connectivity index (χ0v) is 20.5. The molecule has 4 rings (SSSR count). The molecule has 3 amide bonds. The Hall–Kier alpha value is -3.66. The summed E-state index contributed by atoms with van der Waals surface area (Å²) in [6, 6.07) is 9.68. The van der Waals surface area contributed by atoms with Crippen molar-refractivity contribution in [3.63, 3.8) is 0 Å². The molecule has 2 aliphatic rings. The van der Waals surface area contributed by atoms with Crippen LogP contribution in [0.1, 0.15) is 42.1 Å². The smallest absolute Gasteiger partial charge is 0.343 e. The molecule has 2 aromatic carbocycles. The first-order valence-electron chi connectivity index (χ1n) is 11.6. The van der Waals surface area contributed by atoms with Crippen LogP contribution in [0.3, 0.4) is 0 Å². The number of nitrogens with zero attached hydrogens (tertiary/aromatic N) is 2. The van der Waals surface area contributed by atoms with Gasteiger partial charge in [-0.25, -0.2) is 9.18 Å². The normalized spacial score (nSPS) is 17.0. The molecule has 2 aromatic rings. The molecule has 0 spiro atoms. The molecule has 0 N–H and O–H groups in total. The Balaban J connectivity index is 1.48. The van der Waals surface area contributed by atoms with Crippen molar-refractivity contribution in [2.45, 2.75) is 26.2 Å². The summed E-state index contributed by atoms with van der Waals surface area (Å²) in [6.45, 7) is 3.07. The summed E-state index contributed by atoms with van der Waals surface area (Å²) in [5.41, 5.74) is 0.726. The number of thioether (sulfide) groups is 1. The van der Waals surface area contributed by atoms with Gasteiger partial charge in [0.05, 0.1) is 17.1 Å². The summed E-state index contributed by atoms with van der Waals surface area (Å²) < 4.78 is 24.2. The monoisotopic (exact) mass is 512 g/mol.